The molecule has 1 fully saturated rings. The number of hydrogen-bond donors (Lipinski definition) is 2. The van der Waals surface area contributed by atoms with Crippen LogP contribution in [0, 0.1) is 11.7 Å². The van der Waals surface area contributed by atoms with E-state index in [1.54, 1.807) is 13.0 Å². The predicted octanol–water partition coefficient (Wildman–Crippen LogP) is 5.06. The van der Waals surface area contributed by atoms with Gasteiger partial charge in [-0.1, -0.05) is 30.3 Å². The van der Waals surface area contributed by atoms with Crippen LogP contribution < -0.4 is 4.74 Å². The lowest BCUT2D eigenvalue weighted by atomic mass is 9.84. The van der Waals surface area contributed by atoms with Crippen LogP contribution in [0.4, 0.5) is 4.39 Å². The van der Waals surface area contributed by atoms with Gasteiger partial charge in [-0.15, -0.1) is 0 Å². The fraction of sp³-hybridized carbons (Fsp3) is 0.407. The summed E-state index contributed by atoms with van der Waals surface area (Å²) in [6.45, 7) is 2.04. The number of aliphatic hydroxyl groups excluding tert-OH is 1. The summed E-state index contributed by atoms with van der Waals surface area (Å²) in [6.07, 6.45) is 6.03. The molecular formula is C27H29FN2O4. The van der Waals surface area contributed by atoms with Crippen molar-refractivity contribution in [3.05, 3.63) is 53.9 Å². The normalized spacial score (nSPS) is 22.7. The van der Waals surface area contributed by atoms with Gasteiger partial charge in [0.05, 0.1) is 30.4 Å². The molecule has 1 aliphatic heterocycles. The lowest BCUT2D eigenvalue weighted by Gasteiger charge is -2.21. The van der Waals surface area contributed by atoms with E-state index in [2.05, 4.69) is 16.0 Å². The SMILES string of the molecule is CC(=O)CC1CC=C(c2ccc(-c3nc4cc(O[C@@H]5CO[C@H](CO)C5)[nH]c4cc3F)cc2)CC1. The first-order chi connectivity index (χ1) is 16.5. The van der Waals surface area contributed by atoms with Gasteiger partial charge < -0.3 is 24.4 Å². The van der Waals surface area contributed by atoms with Gasteiger partial charge in [-0.25, -0.2) is 9.37 Å². The lowest BCUT2D eigenvalue weighted by Crippen LogP contribution is -2.17. The summed E-state index contributed by atoms with van der Waals surface area (Å²) in [5.41, 5.74) is 4.62. The third-order valence-electron chi connectivity index (χ3n) is 6.70. The molecule has 0 saturated carbocycles. The zero-order valence-electron chi connectivity index (χ0n) is 19.2. The van der Waals surface area contributed by atoms with Crippen LogP contribution in [-0.2, 0) is 9.53 Å². The van der Waals surface area contributed by atoms with Crippen molar-refractivity contribution in [2.24, 2.45) is 5.92 Å². The van der Waals surface area contributed by atoms with E-state index in [9.17, 15) is 14.3 Å². The molecule has 1 aromatic carbocycles. The standard InChI is InChI=1S/C27H29FN2O4/c1-16(32)10-17-2-4-18(5-3-17)19-6-8-20(9-7-19)27-23(28)12-24-25(30-27)13-26(29-24)34-22-11-21(14-31)33-15-22/h4,6-9,12-13,17,21-22,29,31H,2-3,5,10-11,14-15H2,1H3/t17?,21-,22-/m0/s1. The van der Waals surface area contributed by atoms with Crippen LogP contribution in [0.15, 0.2) is 42.5 Å². The van der Waals surface area contributed by atoms with Crippen LogP contribution in [-0.4, -0.2) is 46.3 Å². The Morgan fingerprint density at radius 3 is 2.74 bits per heavy atom. The maximum Gasteiger partial charge on any atom is 0.193 e. The first-order valence-corrected chi connectivity index (χ1v) is 11.9. The zero-order chi connectivity index (χ0) is 23.7. The van der Waals surface area contributed by atoms with E-state index in [-0.39, 0.29) is 24.6 Å². The van der Waals surface area contributed by atoms with Crippen molar-refractivity contribution in [3.8, 4) is 17.1 Å². The van der Waals surface area contributed by atoms with Crippen molar-refractivity contribution >= 4 is 22.4 Å². The average Bonchev–Trinajstić information content (AvgIpc) is 3.45. The summed E-state index contributed by atoms with van der Waals surface area (Å²) in [5, 5.41) is 9.21. The second-order valence-electron chi connectivity index (χ2n) is 9.35. The molecule has 0 amide bonds. The number of aliphatic hydroxyl groups is 1. The fourth-order valence-corrected chi connectivity index (χ4v) is 4.92. The van der Waals surface area contributed by atoms with Crippen molar-refractivity contribution in [1.82, 2.24) is 9.97 Å². The molecule has 2 aliphatic rings. The van der Waals surface area contributed by atoms with Crippen LogP contribution in [0.25, 0.3) is 27.9 Å². The number of aromatic nitrogens is 2. The monoisotopic (exact) mass is 464 g/mol. The van der Waals surface area contributed by atoms with E-state index >= 15 is 0 Å². The number of ketones is 1. The quantitative estimate of drug-likeness (QED) is 0.511. The third-order valence-corrected chi connectivity index (χ3v) is 6.70. The van der Waals surface area contributed by atoms with Gasteiger partial charge in [0.25, 0.3) is 0 Å². The number of carbonyl (C=O) groups is 1. The van der Waals surface area contributed by atoms with Crippen molar-refractivity contribution in [1.29, 1.82) is 0 Å². The Labute approximate surface area is 197 Å². The number of pyridine rings is 1. The van der Waals surface area contributed by atoms with Crippen molar-refractivity contribution in [3.63, 3.8) is 0 Å². The molecule has 3 aromatic rings. The Kier molecular flexibility index (Phi) is 6.48. The van der Waals surface area contributed by atoms with Crippen molar-refractivity contribution < 1.29 is 23.8 Å². The number of rotatable bonds is 7. The largest absolute Gasteiger partial charge is 0.473 e. The topological polar surface area (TPSA) is 84.4 Å². The second kappa shape index (κ2) is 9.68. The summed E-state index contributed by atoms with van der Waals surface area (Å²) < 4.78 is 26.3. The number of hydrogen-bond acceptors (Lipinski definition) is 5. The number of carbonyl (C=O) groups excluding carboxylic acids is 1. The van der Waals surface area contributed by atoms with Crippen LogP contribution in [0.5, 0.6) is 5.88 Å². The molecule has 0 spiro atoms. The van der Waals surface area contributed by atoms with Crippen LogP contribution in [0.3, 0.4) is 0 Å². The minimum Gasteiger partial charge on any atom is -0.473 e. The van der Waals surface area contributed by atoms with Gasteiger partial charge in [-0.05, 0) is 43.2 Å². The van der Waals surface area contributed by atoms with Gasteiger partial charge in [0.2, 0.25) is 0 Å². The lowest BCUT2D eigenvalue weighted by molar-refractivity contribution is -0.117. The molecular weight excluding hydrogens is 435 g/mol. The van der Waals surface area contributed by atoms with Gasteiger partial charge >= 0.3 is 0 Å². The Balaban J connectivity index is 1.31. The highest BCUT2D eigenvalue weighted by Gasteiger charge is 2.27. The van der Waals surface area contributed by atoms with Crippen LogP contribution >= 0.6 is 0 Å². The molecule has 3 heterocycles. The number of benzene rings is 1. The smallest absolute Gasteiger partial charge is 0.193 e. The van der Waals surface area contributed by atoms with E-state index in [4.69, 9.17) is 9.47 Å². The molecule has 1 aliphatic carbocycles. The number of Topliss-reactive ketones (excluding diaryl/α,β-unsaturated/α-hetero) is 1. The molecule has 6 nitrogen and oxygen atoms in total. The Bertz CT molecular complexity index is 1220. The molecule has 3 atom stereocenters. The number of nitrogens with zero attached hydrogens (tertiary/aromatic N) is 1. The number of aromatic amines is 1. The maximum absolute atomic E-state index is 14.9. The first kappa shape index (κ1) is 22.7. The summed E-state index contributed by atoms with van der Waals surface area (Å²) in [6, 6.07) is 11.1. The number of ether oxygens (including phenoxy) is 2. The van der Waals surface area contributed by atoms with E-state index in [1.807, 2.05) is 24.3 Å². The molecule has 5 rings (SSSR count). The molecule has 2 N–H and O–H groups in total. The van der Waals surface area contributed by atoms with E-state index < -0.39 is 5.82 Å². The Morgan fingerprint density at radius 1 is 1.26 bits per heavy atom. The second-order valence-corrected chi connectivity index (χ2v) is 9.35. The Hall–Kier alpha value is -3.03. The molecule has 0 radical (unpaired) electrons. The number of allylic oxidation sites excluding steroid dienone is 2. The fourth-order valence-electron chi connectivity index (χ4n) is 4.92. The van der Waals surface area contributed by atoms with Gasteiger partial charge in [0.15, 0.2) is 11.7 Å². The highest BCUT2D eigenvalue weighted by Crippen LogP contribution is 2.34. The average molecular weight is 465 g/mol. The van der Waals surface area contributed by atoms with E-state index in [1.165, 1.54) is 11.6 Å². The maximum atomic E-state index is 14.9. The highest BCUT2D eigenvalue weighted by atomic mass is 19.1. The van der Waals surface area contributed by atoms with Crippen molar-refractivity contribution in [2.75, 3.05) is 13.2 Å². The Morgan fingerprint density at radius 2 is 2.06 bits per heavy atom. The van der Waals surface area contributed by atoms with E-state index in [0.29, 0.717) is 53.5 Å². The van der Waals surface area contributed by atoms with Crippen LogP contribution in [0.2, 0.25) is 0 Å². The first-order valence-electron chi connectivity index (χ1n) is 11.9. The molecule has 1 unspecified atom stereocenters. The number of fused-ring (bicyclic) bond motifs is 1. The molecule has 7 heteroatoms. The minimum absolute atomic E-state index is 0.0286. The van der Waals surface area contributed by atoms with Gasteiger partial charge in [0.1, 0.15) is 17.6 Å². The molecule has 2 aromatic heterocycles. The van der Waals surface area contributed by atoms with E-state index in [0.717, 1.165) is 24.8 Å². The molecule has 0 bridgehead atoms. The van der Waals surface area contributed by atoms with Crippen LogP contribution in [0.1, 0.15) is 44.6 Å². The number of H-pyrrole nitrogens is 1. The third kappa shape index (κ3) is 4.91. The highest BCUT2D eigenvalue weighted by molar-refractivity contribution is 5.81. The minimum atomic E-state index is -0.401. The molecule has 1 saturated heterocycles. The summed E-state index contributed by atoms with van der Waals surface area (Å²) in [7, 11) is 0. The number of halogens is 1. The zero-order valence-corrected chi connectivity index (χ0v) is 19.2. The molecule has 178 valence electrons. The summed E-state index contributed by atoms with van der Waals surface area (Å²) in [5.74, 6) is 0.802. The summed E-state index contributed by atoms with van der Waals surface area (Å²) >= 11 is 0. The predicted molar refractivity (Wildman–Crippen MR) is 128 cm³/mol. The summed E-state index contributed by atoms with van der Waals surface area (Å²) in [4.78, 5) is 19.0. The van der Waals surface area contributed by atoms with Gasteiger partial charge in [0, 0.05) is 30.5 Å². The van der Waals surface area contributed by atoms with Gasteiger partial charge in [-0.2, -0.15) is 0 Å². The van der Waals surface area contributed by atoms with Gasteiger partial charge in [-0.3, -0.25) is 0 Å². The molecule has 34 heavy (non-hydrogen) atoms. The van der Waals surface area contributed by atoms with Crippen molar-refractivity contribution in [2.45, 2.75) is 51.2 Å². The number of nitrogens with one attached hydrogen (secondary N) is 1.